The molecule has 0 aliphatic rings. The molecule has 2 aromatic carbocycles. The highest BCUT2D eigenvalue weighted by molar-refractivity contribution is 9.10. The lowest BCUT2D eigenvalue weighted by molar-refractivity contribution is 0.420. The fraction of sp³-hybridized carbons (Fsp3) is 0.200. The minimum Gasteiger partial charge on any atom is -0.334 e. The van der Waals surface area contributed by atoms with Crippen molar-refractivity contribution in [1.82, 2.24) is 10.1 Å². The summed E-state index contributed by atoms with van der Waals surface area (Å²) < 4.78 is 6.36. The Labute approximate surface area is 125 Å². The molecule has 1 aromatic heterocycles. The van der Waals surface area contributed by atoms with Crippen LogP contribution in [0.2, 0.25) is 0 Å². The Bertz CT molecular complexity index is 752. The van der Waals surface area contributed by atoms with Gasteiger partial charge in [-0.25, -0.2) is 0 Å². The summed E-state index contributed by atoms with van der Waals surface area (Å²) in [5.41, 5.74) is 6.65. The van der Waals surface area contributed by atoms with Crippen LogP contribution in [0.5, 0.6) is 0 Å². The highest BCUT2D eigenvalue weighted by atomic mass is 79.9. The normalized spacial score (nSPS) is 12.8. The summed E-state index contributed by atoms with van der Waals surface area (Å²) >= 11 is 3.47. The standard InChI is InChI=1S/C15H14BrN3O/c1-9(17)6-14-18-15(20-19-14)12-3-2-11-8-13(16)5-4-10(11)7-12/h2-5,7-9H,6,17H2,1H3. The lowest BCUT2D eigenvalue weighted by Gasteiger charge is -2.00. The van der Waals surface area contributed by atoms with Crippen molar-refractivity contribution in [3.8, 4) is 11.5 Å². The maximum atomic E-state index is 5.73. The molecular formula is C15H14BrN3O. The fourth-order valence-electron chi connectivity index (χ4n) is 2.09. The van der Waals surface area contributed by atoms with E-state index >= 15 is 0 Å². The molecule has 102 valence electrons. The summed E-state index contributed by atoms with van der Waals surface area (Å²) in [5, 5.41) is 6.26. The van der Waals surface area contributed by atoms with Gasteiger partial charge >= 0.3 is 0 Å². The van der Waals surface area contributed by atoms with Crippen LogP contribution >= 0.6 is 15.9 Å². The van der Waals surface area contributed by atoms with Crippen LogP contribution in [0.1, 0.15) is 12.7 Å². The van der Waals surface area contributed by atoms with E-state index in [0.717, 1.165) is 15.4 Å². The summed E-state index contributed by atoms with van der Waals surface area (Å²) in [6.45, 7) is 1.92. The third kappa shape index (κ3) is 2.73. The molecule has 0 amide bonds. The average molecular weight is 332 g/mol. The molecule has 0 aliphatic carbocycles. The molecular weight excluding hydrogens is 318 g/mol. The Kier molecular flexibility index (Phi) is 3.54. The van der Waals surface area contributed by atoms with Crippen LogP contribution in [0, 0.1) is 0 Å². The monoisotopic (exact) mass is 331 g/mol. The Balaban J connectivity index is 1.97. The van der Waals surface area contributed by atoms with E-state index in [1.807, 2.05) is 31.2 Å². The van der Waals surface area contributed by atoms with Crippen molar-refractivity contribution in [3.05, 3.63) is 46.7 Å². The largest absolute Gasteiger partial charge is 0.334 e. The van der Waals surface area contributed by atoms with E-state index in [-0.39, 0.29) is 6.04 Å². The molecule has 5 heteroatoms. The smallest absolute Gasteiger partial charge is 0.257 e. The first kappa shape index (κ1) is 13.3. The molecule has 0 bridgehead atoms. The molecule has 1 atom stereocenters. The van der Waals surface area contributed by atoms with E-state index in [1.165, 1.54) is 5.39 Å². The second-order valence-corrected chi connectivity index (χ2v) is 5.82. The van der Waals surface area contributed by atoms with Gasteiger partial charge in [-0.2, -0.15) is 4.98 Å². The van der Waals surface area contributed by atoms with E-state index in [4.69, 9.17) is 10.3 Å². The van der Waals surface area contributed by atoms with Crippen LogP contribution in [-0.4, -0.2) is 16.2 Å². The lowest BCUT2D eigenvalue weighted by atomic mass is 10.1. The first-order valence-corrected chi connectivity index (χ1v) is 7.19. The van der Waals surface area contributed by atoms with Gasteiger partial charge in [-0.05, 0) is 42.0 Å². The minimum atomic E-state index is 0.0226. The lowest BCUT2D eigenvalue weighted by Crippen LogP contribution is -2.18. The molecule has 1 heterocycles. The fourth-order valence-corrected chi connectivity index (χ4v) is 2.47. The quantitative estimate of drug-likeness (QED) is 0.797. The first-order chi connectivity index (χ1) is 9.61. The van der Waals surface area contributed by atoms with Gasteiger partial charge in [-0.1, -0.05) is 33.2 Å². The summed E-state index contributed by atoms with van der Waals surface area (Å²) in [5.74, 6) is 1.18. The van der Waals surface area contributed by atoms with Gasteiger partial charge in [0.15, 0.2) is 5.82 Å². The number of benzene rings is 2. The Hall–Kier alpha value is -1.72. The average Bonchev–Trinajstić information content (AvgIpc) is 2.85. The third-order valence-electron chi connectivity index (χ3n) is 3.02. The number of aromatic nitrogens is 2. The van der Waals surface area contributed by atoms with Gasteiger partial charge in [-0.15, -0.1) is 0 Å². The van der Waals surface area contributed by atoms with E-state index in [1.54, 1.807) is 0 Å². The molecule has 0 saturated carbocycles. The van der Waals surface area contributed by atoms with E-state index < -0.39 is 0 Å². The highest BCUT2D eigenvalue weighted by Gasteiger charge is 2.10. The zero-order chi connectivity index (χ0) is 14.1. The van der Waals surface area contributed by atoms with Crippen LogP contribution in [-0.2, 0) is 6.42 Å². The number of rotatable bonds is 3. The van der Waals surface area contributed by atoms with E-state index in [0.29, 0.717) is 18.1 Å². The highest BCUT2D eigenvalue weighted by Crippen LogP contribution is 2.25. The van der Waals surface area contributed by atoms with Crippen molar-refractivity contribution in [3.63, 3.8) is 0 Å². The van der Waals surface area contributed by atoms with Crippen molar-refractivity contribution in [2.45, 2.75) is 19.4 Å². The second kappa shape index (κ2) is 5.34. The van der Waals surface area contributed by atoms with Crippen molar-refractivity contribution in [2.75, 3.05) is 0 Å². The Morgan fingerprint density at radius 1 is 1.20 bits per heavy atom. The minimum absolute atomic E-state index is 0.0226. The molecule has 4 nitrogen and oxygen atoms in total. The predicted octanol–water partition coefficient (Wildman–Crippen LogP) is 3.54. The molecule has 0 radical (unpaired) electrons. The van der Waals surface area contributed by atoms with Crippen molar-refractivity contribution in [2.24, 2.45) is 5.73 Å². The molecule has 3 aromatic rings. The molecule has 1 unspecified atom stereocenters. The molecule has 2 N–H and O–H groups in total. The van der Waals surface area contributed by atoms with Gasteiger partial charge in [0.05, 0.1) is 0 Å². The summed E-state index contributed by atoms with van der Waals surface area (Å²) in [6.07, 6.45) is 0.615. The van der Waals surface area contributed by atoms with Crippen LogP contribution in [0.3, 0.4) is 0 Å². The maximum Gasteiger partial charge on any atom is 0.257 e. The number of halogens is 1. The van der Waals surface area contributed by atoms with E-state index in [2.05, 4.69) is 38.2 Å². The second-order valence-electron chi connectivity index (χ2n) is 4.90. The number of nitrogens with zero attached hydrogens (tertiary/aromatic N) is 2. The SMILES string of the molecule is CC(N)Cc1noc(-c2ccc3cc(Br)ccc3c2)n1. The summed E-state index contributed by atoms with van der Waals surface area (Å²) in [6, 6.07) is 12.3. The van der Waals surface area contributed by atoms with Gasteiger partial charge < -0.3 is 10.3 Å². The zero-order valence-corrected chi connectivity index (χ0v) is 12.6. The zero-order valence-electron chi connectivity index (χ0n) is 11.0. The first-order valence-electron chi connectivity index (χ1n) is 6.40. The molecule has 0 fully saturated rings. The number of hydrogen-bond acceptors (Lipinski definition) is 4. The molecule has 0 spiro atoms. The Morgan fingerprint density at radius 3 is 2.75 bits per heavy atom. The summed E-state index contributed by atoms with van der Waals surface area (Å²) in [4.78, 5) is 4.38. The van der Waals surface area contributed by atoms with Crippen molar-refractivity contribution in [1.29, 1.82) is 0 Å². The third-order valence-corrected chi connectivity index (χ3v) is 3.52. The molecule has 0 aliphatic heterocycles. The van der Waals surface area contributed by atoms with Gasteiger partial charge in [-0.3, -0.25) is 0 Å². The van der Waals surface area contributed by atoms with Crippen LogP contribution in [0.25, 0.3) is 22.2 Å². The van der Waals surface area contributed by atoms with Gasteiger partial charge in [0.25, 0.3) is 5.89 Å². The van der Waals surface area contributed by atoms with Crippen LogP contribution < -0.4 is 5.73 Å². The van der Waals surface area contributed by atoms with Crippen molar-refractivity contribution >= 4 is 26.7 Å². The van der Waals surface area contributed by atoms with Gasteiger partial charge in [0.2, 0.25) is 0 Å². The Morgan fingerprint density at radius 2 is 1.95 bits per heavy atom. The molecule has 20 heavy (non-hydrogen) atoms. The van der Waals surface area contributed by atoms with Crippen LogP contribution in [0.15, 0.2) is 45.4 Å². The van der Waals surface area contributed by atoms with Gasteiger partial charge in [0.1, 0.15) is 0 Å². The van der Waals surface area contributed by atoms with Crippen molar-refractivity contribution < 1.29 is 4.52 Å². The maximum absolute atomic E-state index is 5.73. The predicted molar refractivity (Wildman–Crippen MR) is 82.3 cm³/mol. The molecule has 0 saturated heterocycles. The van der Waals surface area contributed by atoms with Gasteiger partial charge in [0, 0.05) is 22.5 Å². The summed E-state index contributed by atoms with van der Waals surface area (Å²) in [7, 11) is 0. The van der Waals surface area contributed by atoms with Crippen LogP contribution in [0.4, 0.5) is 0 Å². The number of nitrogens with two attached hydrogens (primary N) is 1. The number of hydrogen-bond donors (Lipinski definition) is 1. The topological polar surface area (TPSA) is 64.9 Å². The molecule has 3 rings (SSSR count). The number of fused-ring (bicyclic) bond motifs is 1. The van der Waals surface area contributed by atoms with E-state index in [9.17, 15) is 0 Å².